The van der Waals surface area contributed by atoms with E-state index in [0.29, 0.717) is 19.5 Å². The molecule has 136 valence electrons. The van der Waals surface area contributed by atoms with Crippen LogP contribution in [0.3, 0.4) is 0 Å². The summed E-state index contributed by atoms with van der Waals surface area (Å²) >= 11 is 0. The first-order valence-electron chi connectivity index (χ1n) is 9.43. The predicted octanol–water partition coefficient (Wildman–Crippen LogP) is 3.90. The van der Waals surface area contributed by atoms with E-state index in [1.807, 2.05) is 26.0 Å². The highest BCUT2D eigenvalue weighted by Gasteiger charge is 2.52. The molecule has 4 nitrogen and oxygen atoms in total. The maximum atomic E-state index is 12.9. The van der Waals surface area contributed by atoms with Crippen molar-refractivity contribution in [2.45, 2.75) is 32.6 Å². The molecule has 26 heavy (non-hydrogen) atoms. The normalized spacial score (nSPS) is 27.9. The van der Waals surface area contributed by atoms with E-state index in [2.05, 4.69) is 30.3 Å². The quantitative estimate of drug-likeness (QED) is 0.909. The van der Waals surface area contributed by atoms with Gasteiger partial charge in [0, 0.05) is 19.0 Å². The minimum absolute atomic E-state index is 0.00733. The number of rotatable bonds is 4. The van der Waals surface area contributed by atoms with Gasteiger partial charge < -0.3 is 10.0 Å². The lowest BCUT2D eigenvalue weighted by Crippen LogP contribution is -2.41. The van der Waals surface area contributed by atoms with Crippen molar-refractivity contribution in [2.24, 2.45) is 17.3 Å². The molecular formula is C22H25NO3. The molecule has 2 aliphatic rings. The molecular weight excluding hydrogens is 326 g/mol. The van der Waals surface area contributed by atoms with Crippen molar-refractivity contribution in [3.63, 3.8) is 0 Å². The first-order valence-corrected chi connectivity index (χ1v) is 9.43. The third-order valence-electron chi connectivity index (χ3n) is 6.45. The zero-order chi connectivity index (χ0) is 18.5. The highest BCUT2D eigenvalue weighted by molar-refractivity contribution is 5.87. The van der Waals surface area contributed by atoms with Crippen molar-refractivity contribution >= 4 is 22.6 Å². The van der Waals surface area contributed by atoms with Gasteiger partial charge in [0.2, 0.25) is 5.91 Å². The van der Waals surface area contributed by atoms with E-state index in [-0.39, 0.29) is 23.7 Å². The number of carbonyl (C=O) groups is 2. The lowest BCUT2D eigenvalue weighted by molar-refractivity contribution is -0.151. The number of fused-ring (bicyclic) bond motifs is 1. The number of carbonyl (C=O) groups excluding carboxylic acids is 1. The Balaban J connectivity index is 1.48. The molecule has 1 N–H and O–H groups in total. The van der Waals surface area contributed by atoms with Gasteiger partial charge in [-0.25, -0.2) is 0 Å². The third kappa shape index (κ3) is 2.68. The molecule has 2 aromatic rings. The highest BCUT2D eigenvalue weighted by Crippen LogP contribution is 2.50. The Kier molecular flexibility index (Phi) is 4.02. The van der Waals surface area contributed by atoms with Gasteiger partial charge >= 0.3 is 5.97 Å². The van der Waals surface area contributed by atoms with Gasteiger partial charge in [-0.1, -0.05) is 56.3 Å². The molecule has 1 heterocycles. The first-order chi connectivity index (χ1) is 12.4. The zero-order valence-electron chi connectivity index (χ0n) is 15.3. The summed E-state index contributed by atoms with van der Waals surface area (Å²) in [6, 6.07) is 14.7. The van der Waals surface area contributed by atoms with Gasteiger partial charge in [0.1, 0.15) is 0 Å². The van der Waals surface area contributed by atoms with Crippen molar-refractivity contribution in [1.29, 1.82) is 0 Å². The third-order valence-corrected chi connectivity index (χ3v) is 6.45. The number of carboxylic acids is 1. The van der Waals surface area contributed by atoms with Gasteiger partial charge in [0.05, 0.1) is 5.41 Å². The van der Waals surface area contributed by atoms with Crippen LogP contribution in [0.4, 0.5) is 0 Å². The summed E-state index contributed by atoms with van der Waals surface area (Å²) in [5.74, 6) is -0.344. The minimum atomic E-state index is -0.789. The Morgan fingerprint density at radius 1 is 1.15 bits per heavy atom. The van der Waals surface area contributed by atoms with Crippen LogP contribution in [0.2, 0.25) is 0 Å². The number of amides is 1. The van der Waals surface area contributed by atoms with Crippen molar-refractivity contribution in [3.05, 3.63) is 48.0 Å². The summed E-state index contributed by atoms with van der Waals surface area (Å²) in [7, 11) is 0. The van der Waals surface area contributed by atoms with E-state index >= 15 is 0 Å². The van der Waals surface area contributed by atoms with E-state index in [9.17, 15) is 14.7 Å². The second-order valence-electron chi connectivity index (χ2n) is 8.18. The largest absolute Gasteiger partial charge is 0.481 e. The molecule has 0 bridgehead atoms. The zero-order valence-corrected chi connectivity index (χ0v) is 15.3. The number of hydrogen-bond donors (Lipinski definition) is 1. The van der Waals surface area contributed by atoms with Crippen LogP contribution < -0.4 is 0 Å². The lowest BCUT2D eigenvalue weighted by Gasteiger charge is -2.28. The highest BCUT2D eigenvalue weighted by atomic mass is 16.4. The fraction of sp³-hybridized carbons (Fsp3) is 0.455. The molecule has 3 unspecified atom stereocenters. The van der Waals surface area contributed by atoms with Crippen LogP contribution in [-0.4, -0.2) is 35.0 Å². The van der Waals surface area contributed by atoms with E-state index in [0.717, 1.165) is 6.42 Å². The van der Waals surface area contributed by atoms with Crippen molar-refractivity contribution in [2.75, 3.05) is 13.1 Å². The molecule has 4 rings (SSSR count). The fourth-order valence-electron chi connectivity index (χ4n) is 4.42. The summed E-state index contributed by atoms with van der Waals surface area (Å²) in [6.45, 7) is 4.79. The summed E-state index contributed by atoms with van der Waals surface area (Å²) in [6.07, 6.45) is 1.43. The molecule has 1 saturated heterocycles. The van der Waals surface area contributed by atoms with Crippen LogP contribution >= 0.6 is 0 Å². The van der Waals surface area contributed by atoms with E-state index in [4.69, 9.17) is 0 Å². The van der Waals surface area contributed by atoms with Gasteiger partial charge in [-0.2, -0.15) is 0 Å². The predicted molar refractivity (Wildman–Crippen MR) is 101 cm³/mol. The number of nitrogens with zero attached hydrogens (tertiary/aromatic N) is 1. The Hall–Kier alpha value is -2.36. The van der Waals surface area contributed by atoms with Gasteiger partial charge in [0.25, 0.3) is 0 Å². The van der Waals surface area contributed by atoms with Gasteiger partial charge in [-0.05, 0) is 41.0 Å². The van der Waals surface area contributed by atoms with Crippen molar-refractivity contribution in [1.82, 2.24) is 4.90 Å². The van der Waals surface area contributed by atoms with E-state index in [1.165, 1.54) is 16.3 Å². The average Bonchev–Trinajstić information content (AvgIpc) is 3.29. The molecule has 2 fully saturated rings. The summed E-state index contributed by atoms with van der Waals surface area (Å²) in [5.41, 5.74) is 0.429. The maximum absolute atomic E-state index is 12.9. The van der Waals surface area contributed by atoms with Gasteiger partial charge in [-0.3, -0.25) is 9.59 Å². The number of hydrogen-bond acceptors (Lipinski definition) is 2. The smallest absolute Gasteiger partial charge is 0.311 e. The van der Waals surface area contributed by atoms with Crippen LogP contribution in [0.1, 0.15) is 38.2 Å². The van der Waals surface area contributed by atoms with Crippen LogP contribution in [0.15, 0.2) is 42.5 Å². The molecule has 0 radical (unpaired) electrons. The molecule has 1 aliphatic heterocycles. The second kappa shape index (κ2) is 6.11. The first kappa shape index (κ1) is 17.1. The molecule has 4 heteroatoms. The lowest BCUT2D eigenvalue weighted by atomic mass is 9.76. The fourth-order valence-corrected chi connectivity index (χ4v) is 4.42. The molecule has 0 aromatic heterocycles. The molecule has 1 aliphatic carbocycles. The van der Waals surface area contributed by atoms with Gasteiger partial charge in [0.15, 0.2) is 0 Å². The minimum Gasteiger partial charge on any atom is -0.481 e. The average molecular weight is 351 g/mol. The maximum Gasteiger partial charge on any atom is 0.311 e. The molecule has 3 atom stereocenters. The number of likely N-dealkylation sites (tertiary alicyclic amines) is 1. The molecule has 2 aromatic carbocycles. The molecule has 1 amide bonds. The Morgan fingerprint density at radius 2 is 1.88 bits per heavy atom. The summed E-state index contributed by atoms with van der Waals surface area (Å²) < 4.78 is 0. The Morgan fingerprint density at radius 3 is 2.54 bits per heavy atom. The molecule has 0 spiro atoms. The number of aliphatic carboxylic acids is 1. The topological polar surface area (TPSA) is 57.6 Å². The van der Waals surface area contributed by atoms with E-state index in [1.54, 1.807) is 4.90 Å². The number of carboxylic acid groups (broad SMARTS) is 1. The summed E-state index contributed by atoms with van der Waals surface area (Å²) in [5, 5.41) is 12.1. The van der Waals surface area contributed by atoms with Gasteiger partial charge in [-0.15, -0.1) is 0 Å². The Labute approximate surface area is 153 Å². The van der Waals surface area contributed by atoms with Crippen molar-refractivity contribution < 1.29 is 14.7 Å². The Bertz CT molecular complexity index is 875. The van der Waals surface area contributed by atoms with Crippen LogP contribution in [0, 0.1) is 17.3 Å². The SMILES string of the molecule is CC(C)C1(C(=O)O)CCN(C(=O)C2CC2c2ccc3ccccc3c2)C1. The molecule has 1 saturated carbocycles. The van der Waals surface area contributed by atoms with E-state index < -0.39 is 11.4 Å². The standard InChI is InChI=1S/C22H25NO3/c1-14(2)22(21(25)26)9-10-23(13-22)20(24)19-12-18(19)17-8-7-15-5-3-4-6-16(15)11-17/h3-8,11,14,18-19H,9-10,12-13H2,1-2H3,(H,25,26). The monoisotopic (exact) mass is 351 g/mol. The van der Waals surface area contributed by atoms with Crippen molar-refractivity contribution in [3.8, 4) is 0 Å². The summed E-state index contributed by atoms with van der Waals surface area (Å²) in [4.78, 5) is 26.5. The van der Waals surface area contributed by atoms with Crippen LogP contribution in [0.5, 0.6) is 0 Å². The second-order valence-corrected chi connectivity index (χ2v) is 8.18. The van der Waals surface area contributed by atoms with Crippen LogP contribution in [-0.2, 0) is 9.59 Å². The number of benzene rings is 2. The van der Waals surface area contributed by atoms with Crippen LogP contribution in [0.25, 0.3) is 10.8 Å².